The number of carbonyl (C=O) groups excluding carboxylic acids is 3. The van der Waals surface area contributed by atoms with Crippen molar-refractivity contribution in [3.63, 3.8) is 0 Å². The van der Waals surface area contributed by atoms with Gasteiger partial charge in [0.1, 0.15) is 11.5 Å². The molecule has 7 heteroatoms. The summed E-state index contributed by atoms with van der Waals surface area (Å²) in [7, 11) is 0. The molecule has 0 bridgehead atoms. The number of benzene rings is 1. The van der Waals surface area contributed by atoms with Crippen LogP contribution in [-0.2, 0) is 19.2 Å². The zero-order valence-electron chi connectivity index (χ0n) is 12.1. The van der Waals surface area contributed by atoms with Gasteiger partial charge in [-0.15, -0.1) is 0 Å². The van der Waals surface area contributed by atoms with E-state index < -0.39 is 17.9 Å². The lowest BCUT2D eigenvalue weighted by atomic mass is 10.1. The van der Waals surface area contributed by atoms with E-state index in [1.807, 2.05) is 0 Å². The normalized spacial score (nSPS) is 10.8. The average molecular weight is 293 g/mol. The number of ether oxygens (including phenoxy) is 2. The highest BCUT2D eigenvalue weighted by molar-refractivity contribution is 6.01. The first-order chi connectivity index (χ1) is 9.79. The third-order valence-electron chi connectivity index (χ3n) is 2.17. The zero-order valence-corrected chi connectivity index (χ0v) is 12.1. The number of hydrogen-bond donors (Lipinski definition) is 0. The van der Waals surface area contributed by atoms with Gasteiger partial charge in [0.25, 0.3) is 0 Å². The number of carbonyl (C=O) groups is 3. The SMILES string of the molecule is CC(=O)O/N=C(\C)c1ccc(OC(C)=O)cc1OC(C)=O. The molecular weight excluding hydrogens is 278 g/mol. The highest BCUT2D eigenvalue weighted by Gasteiger charge is 2.13. The summed E-state index contributed by atoms with van der Waals surface area (Å²) in [5.41, 5.74) is 0.762. The van der Waals surface area contributed by atoms with Crippen LogP contribution in [0.3, 0.4) is 0 Å². The highest BCUT2D eigenvalue weighted by Crippen LogP contribution is 2.26. The summed E-state index contributed by atoms with van der Waals surface area (Å²) >= 11 is 0. The van der Waals surface area contributed by atoms with Crippen molar-refractivity contribution in [3.05, 3.63) is 23.8 Å². The number of oxime groups is 1. The Kier molecular flexibility index (Phi) is 5.59. The Morgan fingerprint density at radius 2 is 1.52 bits per heavy atom. The van der Waals surface area contributed by atoms with Gasteiger partial charge in [0, 0.05) is 32.4 Å². The molecule has 0 aliphatic rings. The average Bonchev–Trinajstić information content (AvgIpc) is 2.34. The maximum atomic E-state index is 11.1. The quantitative estimate of drug-likeness (QED) is 0.276. The van der Waals surface area contributed by atoms with Crippen molar-refractivity contribution in [3.8, 4) is 11.5 Å². The maximum absolute atomic E-state index is 11.1. The topological polar surface area (TPSA) is 91.3 Å². The molecule has 0 N–H and O–H groups in total. The van der Waals surface area contributed by atoms with E-state index in [9.17, 15) is 14.4 Å². The maximum Gasteiger partial charge on any atom is 0.331 e. The molecule has 0 saturated carbocycles. The Morgan fingerprint density at radius 3 is 2.05 bits per heavy atom. The standard InChI is InChI=1S/C14H15NO6/c1-8(15-21-11(4)18)13-6-5-12(19-9(2)16)7-14(13)20-10(3)17/h5-7H,1-4H3/b15-8+. The Hall–Kier alpha value is -2.70. The Morgan fingerprint density at radius 1 is 0.905 bits per heavy atom. The summed E-state index contributed by atoms with van der Waals surface area (Å²) in [4.78, 5) is 37.3. The van der Waals surface area contributed by atoms with Crippen molar-refractivity contribution in [2.75, 3.05) is 0 Å². The zero-order chi connectivity index (χ0) is 16.0. The van der Waals surface area contributed by atoms with Crippen LogP contribution in [-0.4, -0.2) is 23.6 Å². The molecule has 0 atom stereocenters. The van der Waals surface area contributed by atoms with Crippen molar-refractivity contribution in [1.29, 1.82) is 0 Å². The summed E-state index contributed by atoms with van der Waals surface area (Å²) in [6, 6.07) is 4.43. The molecule has 0 heterocycles. The minimum absolute atomic E-state index is 0.148. The molecule has 0 spiro atoms. The molecule has 0 radical (unpaired) electrons. The van der Waals surface area contributed by atoms with Gasteiger partial charge in [0.05, 0.1) is 5.71 Å². The molecule has 112 valence electrons. The van der Waals surface area contributed by atoms with Crippen molar-refractivity contribution in [2.24, 2.45) is 5.16 Å². The van der Waals surface area contributed by atoms with Crippen molar-refractivity contribution < 1.29 is 28.7 Å². The van der Waals surface area contributed by atoms with Gasteiger partial charge in [-0.1, -0.05) is 5.16 Å². The molecule has 1 rings (SSSR count). The summed E-state index contributed by atoms with van der Waals surface area (Å²) in [6.07, 6.45) is 0. The number of esters is 2. The fraction of sp³-hybridized carbons (Fsp3) is 0.286. The Balaban J connectivity index is 3.17. The van der Waals surface area contributed by atoms with Crippen molar-refractivity contribution in [1.82, 2.24) is 0 Å². The van der Waals surface area contributed by atoms with Crippen LogP contribution in [0.2, 0.25) is 0 Å². The van der Waals surface area contributed by atoms with E-state index >= 15 is 0 Å². The molecule has 7 nitrogen and oxygen atoms in total. The lowest BCUT2D eigenvalue weighted by molar-refractivity contribution is -0.141. The third-order valence-corrected chi connectivity index (χ3v) is 2.17. The van der Waals surface area contributed by atoms with Gasteiger partial charge < -0.3 is 14.3 Å². The summed E-state index contributed by atoms with van der Waals surface area (Å²) < 4.78 is 9.96. The van der Waals surface area contributed by atoms with E-state index in [-0.39, 0.29) is 11.5 Å². The minimum Gasteiger partial charge on any atom is -0.427 e. The largest absolute Gasteiger partial charge is 0.427 e. The number of hydrogen-bond acceptors (Lipinski definition) is 7. The smallest absolute Gasteiger partial charge is 0.331 e. The van der Waals surface area contributed by atoms with Gasteiger partial charge in [-0.25, -0.2) is 4.79 Å². The Bertz CT molecular complexity index is 605. The lowest BCUT2D eigenvalue weighted by Crippen LogP contribution is -2.09. The van der Waals surface area contributed by atoms with Gasteiger partial charge in [0.15, 0.2) is 0 Å². The van der Waals surface area contributed by atoms with E-state index in [0.717, 1.165) is 0 Å². The fourth-order valence-corrected chi connectivity index (χ4v) is 1.45. The van der Waals surface area contributed by atoms with E-state index in [1.54, 1.807) is 13.0 Å². The molecule has 0 aromatic heterocycles. The molecule has 0 saturated heterocycles. The van der Waals surface area contributed by atoms with Crippen LogP contribution >= 0.6 is 0 Å². The molecule has 1 aromatic carbocycles. The highest BCUT2D eigenvalue weighted by atomic mass is 16.7. The van der Waals surface area contributed by atoms with Gasteiger partial charge in [-0.2, -0.15) is 0 Å². The van der Waals surface area contributed by atoms with Gasteiger partial charge in [0.2, 0.25) is 0 Å². The predicted octanol–water partition coefficient (Wildman–Crippen LogP) is 1.82. The predicted molar refractivity (Wildman–Crippen MR) is 73.0 cm³/mol. The molecule has 1 aromatic rings. The number of rotatable bonds is 4. The van der Waals surface area contributed by atoms with E-state index in [4.69, 9.17) is 9.47 Å². The summed E-state index contributed by atoms with van der Waals surface area (Å²) in [6.45, 7) is 5.29. The first-order valence-corrected chi connectivity index (χ1v) is 6.03. The molecule has 0 aliphatic heterocycles. The molecule has 21 heavy (non-hydrogen) atoms. The van der Waals surface area contributed by atoms with Crippen LogP contribution in [0, 0.1) is 0 Å². The van der Waals surface area contributed by atoms with E-state index in [0.29, 0.717) is 11.3 Å². The first kappa shape index (κ1) is 16.4. The lowest BCUT2D eigenvalue weighted by Gasteiger charge is -2.10. The molecule has 0 fully saturated rings. The second kappa shape index (κ2) is 7.18. The van der Waals surface area contributed by atoms with Gasteiger partial charge >= 0.3 is 17.9 Å². The minimum atomic E-state index is -0.570. The fourth-order valence-electron chi connectivity index (χ4n) is 1.45. The third kappa shape index (κ3) is 5.43. The Labute approximate surface area is 121 Å². The monoisotopic (exact) mass is 293 g/mol. The molecular formula is C14H15NO6. The molecule has 0 aliphatic carbocycles. The van der Waals surface area contributed by atoms with Crippen LogP contribution in [0.5, 0.6) is 11.5 Å². The van der Waals surface area contributed by atoms with E-state index in [2.05, 4.69) is 9.99 Å². The van der Waals surface area contributed by atoms with Gasteiger partial charge in [-0.3, -0.25) is 9.59 Å². The number of nitrogens with zero attached hydrogens (tertiary/aromatic N) is 1. The van der Waals surface area contributed by atoms with E-state index in [1.165, 1.54) is 32.9 Å². The van der Waals surface area contributed by atoms with Crippen LogP contribution in [0.25, 0.3) is 0 Å². The van der Waals surface area contributed by atoms with Crippen LogP contribution in [0.15, 0.2) is 23.4 Å². The van der Waals surface area contributed by atoms with Crippen molar-refractivity contribution >= 4 is 23.6 Å². The second-order valence-electron chi connectivity index (χ2n) is 4.10. The van der Waals surface area contributed by atoms with Crippen LogP contribution in [0.4, 0.5) is 0 Å². The second-order valence-corrected chi connectivity index (χ2v) is 4.10. The first-order valence-electron chi connectivity index (χ1n) is 6.03. The summed E-state index contributed by atoms with van der Waals surface area (Å²) in [5, 5.41) is 3.62. The van der Waals surface area contributed by atoms with Crippen LogP contribution < -0.4 is 9.47 Å². The molecule has 0 unspecified atom stereocenters. The van der Waals surface area contributed by atoms with Crippen LogP contribution in [0.1, 0.15) is 33.3 Å². The van der Waals surface area contributed by atoms with Gasteiger partial charge in [-0.05, 0) is 19.1 Å². The molecule has 0 amide bonds. The van der Waals surface area contributed by atoms with Crippen molar-refractivity contribution in [2.45, 2.75) is 27.7 Å². The summed E-state index contributed by atoms with van der Waals surface area (Å²) in [5.74, 6) is -1.24.